The molecule has 102 valence electrons. The van der Waals surface area contributed by atoms with Crippen molar-refractivity contribution in [1.82, 2.24) is 0 Å². The van der Waals surface area contributed by atoms with E-state index in [9.17, 15) is 8.78 Å². The summed E-state index contributed by atoms with van der Waals surface area (Å²) in [6, 6.07) is 15.1. The van der Waals surface area contributed by atoms with Gasteiger partial charge in [0.2, 0.25) is 0 Å². The molecule has 0 aliphatic carbocycles. The lowest BCUT2D eigenvalue weighted by Crippen LogP contribution is -2.24. The Morgan fingerprint density at radius 1 is 1.05 bits per heavy atom. The predicted molar refractivity (Wildman–Crippen MR) is 74.1 cm³/mol. The Labute approximate surface area is 116 Å². The van der Waals surface area contributed by atoms with E-state index in [1.807, 2.05) is 35.2 Å². The van der Waals surface area contributed by atoms with Gasteiger partial charge in [-0.25, -0.2) is 8.78 Å². The summed E-state index contributed by atoms with van der Waals surface area (Å²) in [7, 11) is 0. The monoisotopic (exact) mass is 272 g/mol. The lowest BCUT2D eigenvalue weighted by atomic mass is 10.1. The molecule has 0 bridgehead atoms. The maximum atomic E-state index is 13.7. The van der Waals surface area contributed by atoms with Crippen LogP contribution in [0.1, 0.15) is 12.0 Å². The van der Waals surface area contributed by atoms with Crippen molar-refractivity contribution in [3.8, 4) is 6.07 Å². The molecule has 0 aliphatic heterocycles. The van der Waals surface area contributed by atoms with Crippen LogP contribution in [0.2, 0.25) is 0 Å². The van der Waals surface area contributed by atoms with Gasteiger partial charge in [0.05, 0.1) is 12.5 Å². The number of halogens is 2. The summed E-state index contributed by atoms with van der Waals surface area (Å²) < 4.78 is 26.6. The third kappa shape index (κ3) is 3.55. The van der Waals surface area contributed by atoms with Gasteiger partial charge >= 0.3 is 0 Å². The van der Waals surface area contributed by atoms with E-state index in [0.29, 0.717) is 25.1 Å². The van der Waals surface area contributed by atoms with E-state index in [1.165, 1.54) is 12.1 Å². The average Bonchev–Trinajstić information content (AvgIpc) is 2.46. The van der Waals surface area contributed by atoms with Crippen LogP contribution in [0.3, 0.4) is 0 Å². The standard InChI is InChI=1S/C16H14F2N2/c17-14-8-7-13(16(18)11-14)12-20(10-4-9-19)15-5-2-1-3-6-15/h1-3,5-8,11H,4,10,12H2. The van der Waals surface area contributed by atoms with Crippen LogP contribution in [0.4, 0.5) is 14.5 Å². The van der Waals surface area contributed by atoms with Crippen molar-refractivity contribution in [2.24, 2.45) is 0 Å². The fraction of sp³-hybridized carbons (Fsp3) is 0.188. The van der Waals surface area contributed by atoms with Gasteiger partial charge in [-0.2, -0.15) is 5.26 Å². The van der Waals surface area contributed by atoms with Gasteiger partial charge in [0.15, 0.2) is 0 Å². The Balaban J connectivity index is 2.22. The lowest BCUT2D eigenvalue weighted by Gasteiger charge is -2.24. The minimum absolute atomic E-state index is 0.303. The zero-order valence-electron chi connectivity index (χ0n) is 10.9. The van der Waals surface area contributed by atoms with E-state index in [0.717, 1.165) is 11.8 Å². The molecule has 2 aromatic rings. The Hall–Kier alpha value is -2.41. The van der Waals surface area contributed by atoms with E-state index < -0.39 is 11.6 Å². The molecule has 0 unspecified atom stereocenters. The zero-order chi connectivity index (χ0) is 14.4. The van der Waals surface area contributed by atoms with Crippen LogP contribution >= 0.6 is 0 Å². The molecule has 0 spiro atoms. The number of hydrogen-bond donors (Lipinski definition) is 0. The number of anilines is 1. The smallest absolute Gasteiger partial charge is 0.131 e. The molecule has 0 aromatic heterocycles. The van der Waals surface area contributed by atoms with E-state index >= 15 is 0 Å². The highest BCUT2D eigenvalue weighted by atomic mass is 19.1. The van der Waals surface area contributed by atoms with Crippen molar-refractivity contribution in [2.75, 3.05) is 11.4 Å². The fourth-order valence-corrected chi connectivity index (χ4v) is 1.98. The molecule has 0 amide bonds. The van der Waals surface area contributed by atoms with Gasteiger partial charge in [-0.3, -0.25) is 0 Å². The third-order valence-electron chi connectivity index (χ3n) is 2.99. The van der Waals surface area contributed by atoms with E-state index in [1.54, 1.807) is 0 Å². The highest BCUT2D eigenvalue weighted by molar-refractivity contribution is 5.46. The molecule has 4 heteroatoms. The van der Waals surface area contributed by atoms with Crippen molar-refractivity contribution in [1.29, 1.82) is 5.26 Å². The second kappa shape index (κ2) is 6.67. The molecule has 0 saturated carbocycles. The minimum atomic E-state index is -0.588. The Bertz CT molecular complexity index is 606. The second-order valence-corrected chi connectivity index (χ2v) is 4.40. The van der Waals surface area contributed by atoms with Crippen LogP contribution in [-0.4, -0.2) is 6.54 Å². The van der Waals surface area contributed by atoms with Crippen LogP contribution in [0.5, 0.6) is 0 Å². The number of hydrogen-bond acceptors (Lipinski definition) is 2. The molecular formula is C16H14F2N2. The van der Waals surface area contributed by atoms with Crippen molar-refractivity contribution < 1.29 is 8.78 Å². The second-order valence-electron chi connectivity index (χ2n) is 4.40. The van der Waals surface area contributed by atoms with Gasteiger partial charge in [-0.1, -0.05) is 24.3 Å². The molecule has 20 heavy (non-hydrogen) atoms. The first-order chi connectivity index (χ1) is 9.70. The van der Waals surface area contributed by atoms with Crippen LogP contribution in [0.25, 0.3) is 0 Å². The normalized spacial score (nSPS) is 10.1. The summed E-state index contributed by atoms with van der Waals surface area (Å²) in [6.45, 7) is 0.801. The summed E-state index contributed by atoms with van der Waals surface area (Å²) in [5, 5.41) is 8.72. The lowest BCUT2D eigenvalue weighted by molar-refractivity contribution is 0.569. The minimum Gasteiger partial charge on any atom is -0.366 e. The largest absolute Gasteiger partial charge is 0.366 e. The number of nitriles is 1. The van der Waals surface area contributed by atoms with Gasteiger partial charge in [0.1, 0.15) is 11.6 Å². The average molecular weight is 272 g/mol. The van der Waals surface area contributed by atoms with Crippen LogP contribution in [0.15, 0.2) is 48.5 Å². The SMILES string of the molecule is N#CCCN(Cc1ccc(F)cc1F)c1ccccc1. The maximum Gasteiger partial charge on any atom is 0.131 e. The Morgan fingerprint density at radius 3 is 2.45 bits per heavy atom. The molecule has 2 aromatic carbocycles. The molecular weight excluding hydrogens is 258 g/mol. The quantitative estimate of drug-likeness (QED) is 0.825. The first-order valence-corrected chi connectivity index (χ1v) is 6.31. The summed E-state index contributed by atoms with van der Waals surface area (Å²) >= 11 is 0. The fourth-order valence-electron chi connectivity index (χ4n) is 1.98. The number of rotatable bonds is 5. The van der Waals surface area contributed by atoms with Crippen molar-refractivity contribution >= 4 is 5.69 Å². The molecule has 2 nitrogen and oxygen atoms in total. The molecule has 0 atom stereocenters. The maximum absolute atomic E-state index is 13.7. The number of benzene rings is 2. The Morgan fingerprint density at radius 2 is 1.80 bits per heavy atom. The first-order valence-electron chi connectivity index (χ1n) is 6.31. The van der Waals surface area contributed by atoms with Crippen LogP contribution < -0.4 is 4.90 Å². The highest BCUT2D eigenvalue weighted by Crippen LogP contribution is 2.19. The summed E-state index contributed by atoms with van der Waals surface area (Å²) in [5.41, 5.74) is 1.32. The molecule has 0 fully saturated rings. The van der Waals surface area contributed by atoms with Gasteiger partial charge in [-0.15, -0.1) is 0 Å². The van der Waals surface area contributed by atoms with E-state index in [-0.39, 0.29) is 0 Å². The first kappa shape index (κ1) is 14.0. The summed E-state index contributed by atoms with van der Waals surface area (Å²) in [4.78, 5) is 1.90. The van der Waals surface area contributed by atoms with Crippen molar-refractivity contribution in [2.45, 2.75) is 13.0 Å². The number of nitrogens with zero attached hydrogens (tertiary/aromatic N) is 2. The number of para-hydroxylation sites is 1. The molecule has 2 rings (SSSR count). The van der Waals surface area contributed by atoms with Crippen molar-refractivity contribution in [3.63, 3.8) is 0 Å². The molecule has 0 N–H and O–H groups in total. The highest BCUT2D eigenvalue weighted by Gasteiger charge is 2.10. The summed E-state index contributed by atoms with van der Waals surface area (Å²) in [6.07, 6.45) is 0.345. The zero-order valence-corrected chi connectivity index (χ0v) is 10.9. The molecule has 0 aliphatic rings. The Kier molecular flexibility index (Phi) is 4.67. The van der Waals surface area contributed by atoms with Gasteiger partial charge < -0.3 is 4.90 Å². The molecule has 0 heterocycles. The third-order valence-corrected chi connectivity index (χ3v) is 2.99. The molecule has 0 radical (unpaired) electrons. The van der Waals surface area contributed by atoms with E-state index in [2.05, 4.69) is 6.07 Å². The van der Waals surface area contributed by atoms with E-state index in [4.69, 9.17) is 5.26 Å². The van der Waals surface area contributed by atoms with Gasteiger partial charge in [0, 0.05) is 30.4 Å². The van der Waals surface area contributed by atoms with Crippen LogP contribution in [-0.2, 0) is 6.54 Å². The van der Waals surface area contributed by atoms with Crippen molar-refractivity contribution in [3.05, 3.63) is 65.7 Å². The van der Waals surface area contributed by atoms with Gasteiger partial charge in [0.25, 0.3) is 0 Å². The van der Waals surface area contributed by atoms with Crippen LogP contribution in [0, 0.1) is 23.0 Å². The summed E-state index contributed by atoms with van der Waals surface area (Å²) in [5.74, 6) is -1.16. The topological polar surface area (TPSA) is 27.0 Å². The van der Waals surface area contributed by atoms with Gasteiger partial charge in [-0.05, 0) is 18.2 Å². The molecule has 0 saturated heterocycles. The predicted octanol–water partition coefficient (Wildman–Crippen LogP) is 3.89.